The highest BCUT2D eigenvalue weighted by Crippen LogP contribution is 2.21. The van der Waals surface area contributed by atoms with Crippen LogP contribution in [0.2, 0.25) is 0 Å². The summed E-state index contributed by atoms with van der Waals surface area (Å²) < 4.78 is 5.74. The SMILES string of the molecule is CC(C)c1ccc(OCc2cc(C=CC(=O)O)cs2)cc1. The van der Waals surface area contributed by atoms with Crippen molar-refractivity contribution in [3.63, 3.8) is 0 Å². The lowest BCUT2D eigenvalue weighted by molar-refractivity contribution is -0.131. The number of ether oxygens (including phenoxy) is 1. The Morgan fingerprint density at radius 3 is 2.67 bits per heavy atom. The van der Waals surface area contributed by atoms with Gasteiger partial charge in [0.2, 0.25) is 0 Å². The predicted octanol–water partition coefficient (Wildman–Crippen LogP) is 4.55. The van der Waals surface area contributed by atoms with Crippen molar-refractivity contribution in [2.24, 2.45) is 0 Å². The van der Waals surface area contributed by atoms with Crippen LogP contribution in [0.4, 0.5) is 0 Å². The van der Waals surface area contributed by atoms with E-state index in [0.29, 0.717) is 12.5 Å². The summed E-state index contributed by atoms with van der Waals surface area (Å²) in [4.78, 5) is 11.5. The van der Waals surface area contributed by atoms with E-state index in [9.17, 15) is 4.79 Å². The Morgan fingerprint density at radius 1 is 1.33 bits per heavy atom. The number of carbonyl (C=O) groups is 1. The van der Waals surface area contributed by atoms with E-state index < -0.39 is 5.97 Å². The molecule has 0 atom stereocenters. The van der Waals surface area contributed by atoms with Gasteiger partial charge in [-0.2, -0.15) is 0 Å². The van der Waals surface area contributed by atoms with E-state index in [1.807, 2.05) is 23.6 Å². The normalized spacial score (nSPS) is 11.2. The molecule has 0 aliphatic carbocycles. The van der Waals surface area contributed by atoms with Gasteiger partial charge < -0.3 is 9.84 Å². The zero-order valence-corrected chi connectivity index (χ0v) is 12.9. The van der Waals surface area contributed by atoms with Gasteiger partial charge in [0.05, 0.1) is 0 Å². The lowest BCUT2D eigenvalue weighted by Gasteiger charge is -2.08. The maximum Gasteiger partial charge on any atom is 0.328 e. The van der Waals surface area contributed by atoms with E-state index >= 15 is 0 Å². The van der Waals surface area contributed by atoms with Gasteiger partial charge in [0.15, 0.2) is 0 Å². The van der Waals surface area contributed by atoms with Crippen LogP contribution in [0.5, 0.6) is 5.75 Å². The maximum atomic E-state index is 10.5. The summed E-state index contributed by atoms with van der Waals surface area (Å²) in [5.74, 6) is 0.416. The second-order valence-corrected chi connectivity index (χ2v) is 6.03. The molecule has 110 valence electrons. The Morgan fingerprint density at radius 2 is 2.05 bits per heavy atom. The van der Waals surface area contributed by atoms with Gasteiger partial charge in [0.1, 0.15) is 12.4 Å². The average Bonchev–Trinajstić information content (AvgIpc) is 2.91. The first-order valence-electron chi connectivity index (χ1n) is 6.76. The molecular weight excluding hydrogens is 284 g/mol. The minimum Gasteiger partial charge on any atom is -0.488 e. The fourth-order valence-electron chi connectivity index (χ4n) is 1.83. The molecule has 1 aromatic heterocycles. The molecule has 1 heterocycles. The van der Waals surface area contributed by atoms with Gasteiger partial charge in [0.25, 0.3) is 0 Å². The molecule has 3 nitrogen and oxygen atoms in total. The van der Waals surface area contributed by atoms with Crippen LogP contribution in [0.1, 0.15) is 35.8 Å². The molecule has 0 radical (unpaired) electrons. The van der Waals surface area contributed by atoms with Crippen LogP contribution in [-0.2, 0) is 11.4 Å². The second kappa shape index (κ2) is 7.09. The molecule has 1 aromatic carbocycles. The molecule has 0 spiro atoms. The van der Waals surface area contributed by atoms with Gasteiger partial charge in [-0.05, 0) is 46.7 Å². The number of carboxylic acids is 1. The van der Waals surface area contributed by atoms with Crippen molar-refractivity contribution in [2.75, 3.05) is 0 Å². The number of aliphatic carboxylic acids is 1. The van der Waals surface area contributed by atoms with Crippen molar-refractivity contribution in [2.45, 2.75) is 26.4 Å². The van der Waals surface area contributed by atoms with Crippen molar-refractivity contribution < 1.29 is 14.6 Å². The summed E-state index contributed by atoms with van der Waals surface area (Å²) >= 11 is 1.56. The lowest BCUT2D eigenvalue weighted by Crippen LogP contribution is -1.93. The van der Waals surface area contributed by atoms with E-state index in [2.05, 4.69) is 26.0 Å². The number of thiophene rings is 1. The molecule has 2 aromatic rings. The zero-order chi connectivity index (χ0) is 15.2. The highest BCUT2D eigenvalue weighted by molar-refractivity contribution is 7.10. The molecule has 0 aliphatic rings. The number of carboxylic acid groups (broad SMARTS) is 1. The molecule has 0 bridgehead atoms. The smallest absolute Gasteiger partial charge is 0.328 e. The highest BCUT2D eigenvalue weighted by atomic mass is 32.1. The van der Waals surface area contributed by atoms with Crippen molar-refractivity contribution in [3.8, 4) is 5.75 Å². The lowest BCUT2D eigenvalue weighted by atomic mass is 10.0. The van der Waals surface area contributed by atoms with Gasteiger partial charge >= 0.3 is 5.97 Å². The van der Waals surface area contributed by atoms with Crippen LogP contribution in [0.25, 0.3) is 6.08 Å². The monoisotopic (exact) mass is 302 g/mol. The Hall–Kier alpha value is -2.07. The van der Waals surface area contributed by atoms with Crippen LogP contribution in [0.3, 0.4) is 0 Å². The maximum absolute atomic E-state index is 10.5. The summed E-state index contributed by atoms with van der Waals surface area (Å²) in [6.45, 7) is 4.81. The largest absolute Gasteiger partial charge is 0.488 e. The fourth-order valence-corrected chi connectivity index (χ4v) is 2.60. The molecule has 0 saturated carbocycles. The Bertz CT molecular complexity index is 624. The van der Waals surface area contributed by atoms with Gasteiger partial charge in [0, 0.05) is 11.0 Å². The molecule has 2 rings (SSSR count). The minimum absolute atomic E-state index is 0.493. The van der Waals surface area contributed by atoms with Crippen LogP contribution in [-0.4, -0.2) is 11.1 Å². The Labute approximate surface area is 128 Å². The summed E-state index contributed by atoms with van der Waals surface area (Å²) in [5.41, 5.74) is 2.18. The van der Waals surface area contributed by atoms with Gasteiger partial charge in [-0.15, -0.1) is 11.3 Å². The van der Waals surface area contributed by atoms with Gasteiger partial charge in [-0.1, -0.05) is 26.0 Å². The highest BCUT2D eigenvalue weighted by Gasteiger charge is 2.02. The molecular formula is C17H18O3S. The number of hydrogen-bond donors (Lipinski definition) is 1. The molecule has 0 unspecified atom stereocenters. The third-order valence-corrected chi connectivity index (χ3v) is 3.95. The van der Waals surface area contributed by atoms with Crippen molar-refractivity contribution in [1.82, 2.24) is 0 Å². The number of rotatable bonds is 6. The van der Waals surface area contributed by atoms with Crippen molar-refractivity contribution in [3.05, 3.63) is 57.8 Å². The number of hydrogen-bond acceptors (Lipinski definition) is 3. The zero-order valence-electron chi connectivity index (χ0n) is 12.1. The first-order valence-corrected chi connectivity index (χ1v) is 7.64. The predicted molar refractivity (Wildman–Crippen MR) is 85.9 cm³/mol. The van der Waals surface area contributed by atoms with Gasteiger partial charge in [-0.3, -0.25) is 0 Å². The van der Waals surface area contributed by atoms with E-state index in [0.717, 1.165) is 22.3 Å². The van der Waals surface area contributed by atoms with Crippen LogP contribution < -0.4 is 4.74 Å². The van der Waals surface area contributed by atoms with E-state index in [4.69, 9.17) is 9.84 Å². The van der Waals surface area contributed by atoms with Crippen LogP contribution in [0.15, 0.2) is 41.8 Å². The fraction of sp³-hybridized carbons (Fsp3) is 0.235. The summed E-state index contributed by atoms with van der Waals surface area (Å²) in [6, 6.07) is 10.1. The molecule has 0 aliphatic heterocycles. The van der Waals surface area contributed by atoms with E-state index in [1.54, 1.807) is 17.4 Å². The first-order chi connectivity index (χ1) is 10.0. The van der Waals surface area contributed by atoms with Crippen molar-refractivity contribution >= 4 is 23.4 Å². The molecule has 0 amide bonds. The van der Waals surface area contributed by atoms with E-state index in [-0.39, 0.29) is 0 Å². The van der Waals surface area contributed by atoms with Crippen LogP contribution >= 0.6 is 11.3 Å². The quantitative estimate of drug-likeness (QED) is 0.796. The number of benzene rings is 1. The van der Waals surface area contributed by atoms with E-state index in [1.165, 1.54) is 5.56 Å². The summed E-state index contributed by atoms with van der Waals surface area (Å²) in [6.07, 6.45) is 2.72. The molecule has 0 saturated heterocycles. The molecule has 1 N–H and O–H groups in total. The minimum atomic E-state index is -0.941. The summed E-state index contributed by atoms with van der Waals surface area (Å²) in [5, 5.41) is 10.5. The Balaban J connectivity index is 1.92. The van der Waals surface area contributed by atoms with Crippen LogP contribution in [0, 0.1) is 0 Å². The average molecular weight is 302 g/mol. The molecule has 0 fully saturated rings. The van der Waals surface area contributed by atoms with Gasteiger partial charge in [-0.25, -0.2) is 4.79 Å². The second-order valence-electron chi connectivity index (χ2n) is 5.03. The first kappa shape index (κ1) is 15.3. The molecule has 4 heteroatoms. The third-order valence-electron chi connectivity index (χ3n) is 3.02. The van der Waals surface area contributed by atoms with Crippen molar-refractivity contribution in [1.29, 1.82) is 0 Å². The topological polar surface area (TPSA) is 46.5 Å². The Kier molecular flexibility index (Phi) is 5.17. The standard InChI is InChI=1S/C17H18O3S/c1-12(2)14-4-6-15(7-5-14)20-10-16-9-13(11-21-16)3-8-17(18)19/h3-9,11-12H,10H2,1-2H3,(H,18,19). The molecule has 21 heavy (non-hydrogen) atoms. The third kappa shape index (κ3) is 4.76. The summed E-state index contributed by atoms with van der Waals surface area (Å²) in [7, 11) is 0.